The van der Waals surface area contributed by atoms with Crippen LogP contribution in [0.4, 0.5) is 0 Å². The van der Waals surface area contributed by atoms with Crippen LogP contribution in [0.5, 0.6) is 5.75 Å². The average Bonchev–Trinajstić information content (AvgIpc) is 2.30. The first kappa shape index (κ1) is 13.2. The van der Waals surface area contributed by atoms with E-state index in [0.717, 1.165) is 0 Å². The van der Waals surface area contributed by atoms with E-state index in [1.54, 1.807) is 13.0 Å². The van der Waals surface area contributed by atoms with Crippen molar-refractivity contribution in [2.24, 2.45) is 5.73 Å². The van der Waals surface area contributed by atoms with Gasteiger partial charge in [0.05, 0.1) is 12.7 Å². The second-order valence-electron chi connectivity index (χ2n) is 4.10. The molecule has 0 saturated heterocycles. The van der Waals surface area contributed by atoms with Crippen molar-refractivity contribution < 1.29 is 19.4 Å². The predicted octanol–water partition coefficient (Wildman–Crippen LogP) is 0.638. The molecule has 0 aliphatic carbocycles. The number of phenolic OH excluding ortho intramolecular Hbond substituents is 1. The number of aldehydes is 1. The molecule has 5 nitrogen and oxygen atoms in total. The zero-order valence-electron chi connectivity index (χ0n) is 9.77. The first-order valence-electron chi connectivity index (χ1n) is 5.05. The van der Waals surface area contributed by atoms with Crippen molar-refractivity contribution in [1.29, 1.82) is 0 Å². The number of methoxy groups -OCH3 is 1. The van der Waals surface area contributed by atoms with Gasteiger partial charge in [0.15, 0.2) is 6.29 Å². The summed E-state index contributed by atoms with van der Waals surface area (Å²) in [5.41, 5.74) is 5.50. The summed E-state index contributed by atoms with van der Waals surface area (Å²) in [6.45, 7) is 1.55. The van der Waals surface area contributed by atoms with E-state index in [0.29, 0.717) is 11.8 Å². The molecule has 1 aromatic rings. The van der Waals surface area contributed by atoms with Gasteiger partial charge in [0.1, 0.15) is 11.3 Å². The molecule has 17 heavy (non-hydrogen) atoms. The lowest BCUT2D eigenvalue weighted by Crippen LogP contribution is -2.47. The standard InChI is InChI=1S/C12H15NO4/c1-12(13,11(16)17-2)6-8-3-4-10(15)9(5-8)7-14/h3-5,7,15H,6,13H2,1-2H3/t12-/m0/s1. The van der Waals surface area contributed by atoms with Gasteiger partial charge in [-0.3, -0.25) is 9.59 Å². The summed E-state index contributed by atoms with van der Waals surface area (Å²) in [4.78, 5) is 22.0. The number of rotatable bonds is 4. The van der Waals surface area contributed by atoms with Gasteiger partial charge in [0, 0.05) is 6.42 Å². The van der Waals surface area contributed by atoms with Crippen molar-refractivity contribution in [3.8, 4) is 5.75 Å². The molecule has 0 heterocycles. The Morgan fingerprint density at radius 3 is 2.76 bits per heavy atom. The van der Waals surface area contributed by atoms with Gasteiger partial charge in [-0.1, -0.05) is 6.07 Å². The molecule has 0 saturated carbocycles. The third-order valence-corrected chi connectivity index (χ3v) is 2.44. The lowest BCUT2D eigenvalue weighted by Gasteiger charge is -2.21. The summed E-state index contributed by atoms with van der Waals surface area (Å²) in [7, 11) is 1.26. The highest BCUT2D eigenvalue weighted by Gasteiger charge is 2.29. The van der Waals surface area contributed by atoms with E-state index in [2.05, 4.69) is 4.74 Å². The fraction of sp³-hybridized carbons (Fsp3) is 0.333. The Bertz CT molecular complexity index is 440. The maximum absolute atomic E-state index is 11.4. The topological polar surface area (TPSA) is 89.6 Å². The van der Waals surface area contributed by atoms with Crippen LogP contribution < -0.4 is 5.73 Å². The Hall–Kier alpha value is -1.88. The van der Waals surface area contributed by atoms with Crippen LogP contribution in [0.15, 0.2) is 18.2 Å². The van der Waals surface area contributed by atoms with Gasteiger partial charge in [0.2, 0.25) is 0 Å². The monoisotopic (exact) mass is 237 g/mol. The van der Waals surface area contributed by atoms with Gasteiger partial charge in [-0.15, -0.1) is 0 Å². The van der Waals surface area contributed by atoms with Crippen LogP contribution in [0.2, 0.25) is 0 Å². The third kappa shape index (κ3) is 3.04. The maximum Gasteiger partial charge on any atom is 0.325 e. The molecule has 5 heteroatoms. The highest BCUT2D eigenvalue weighted by molar-refractivity contribution is 5.81. The second-order valence-corrected chi connectivity index (χ2v) is 4.10. The van der Waals surface area contributed by atoms with Crippen molar-refractivity contribution in [3.63, 3.8) is 0 Å². The minimum Gasteiger partial charge on any atom is -0.507 e. The number of esters is 1. The van der Waals surface area contributed by atoms with Crippen molar-refractivity contribution in [3.05, 3.63) is 29.3 Å². The molecular weight excluding hydrogens is 222 g/mol. The summed E-state index contributed by atoms with van der Waals surface area (Å²) >= 11 is 0. The van der Waals surface area contributed by atoms with E-state index in [1.165, 1.54) is 19.2 Å². The molecular formula is C12H15NO4. The van der Waals surface area contributed by atoms with E-state index in [4.69, 9.17) is 5.73 Å². The fourth-order valence-corrected chi connectivity index (χ4v) is 1.54. The molecule has 0 amide bonds. The van der Waals surface area contributed by atoms with E-state index in [1.807, 2.05) is 0 Å². The van der Waals surface area contributed by atoms with Crippen LogP contribution in [0.3, 0.4) is 0 Å². The summed E-state index contributed by atoms with van der Waals surface area (Å²) in [6.07, 6.45) is 0.769. The molecule has 1 rings (SSSR count). The molecule has 0 unspecified atom stereocenters. The lowest BCUT2D eigenvalue weighted by molar-refractivity contribution is -0.146. The second kappa shape index (κ2) is 4.97. The number of ether oxygens (including phenoxy) is 1. The maximum atomic E-state index is 11.4. The first-order chi connectivity index (χ1) is 7.90. The molecule has 3 N–H and O–H groups in total. The zero-order valence-corrected chi connectivity index (χ0v) is 9.77. The Balaban J connectivity index is 2.96. The van der Waals surface area contributed by atoms with Crippen molar-refractivity contribution in [1.82, 2.24) is 0 Å². The molecule has 0 spiro atoms. The van der Waals surface area contributed by atoms with Crippen LogP contribution in [-0.4, -0.2) is 30.0 Å². The fourth-order valence-electron chi connectivity index (χ4n) is 1.54. The summed E-state index contributed by atoms with van der Waals surface area (Å²) in [5, 5.41) is 9.33. The molecule has 0 aromatic heterocycles. The van der Waals surface area contributed by atoms with Gasteiger partial charge < -0.3 is 15.6 Å². The van der Waals surface area contributed by atoms with Gasteiger partial charge in [-0.2, -0.15) is 0 Å². The molecule has 92 valence electrons. The molecule has 1 aromatic carbocycles. The van der Waals surface area contributed by atoms with Crippen LogP contribution >= 0.6 is 0 Å². The predicted molar refractivity (Wildman–Crippen MR) is 61.8 cm³/mol. The molecule has 0 aliphatic heterocycles. The highest BCUT2D eigenvalue weighted by atomic mass is 16.5. The van der Waals surface area contributed by atoms with Crippen molar-refractivity contribution in [2.45, 2.75) is 18.9 Å². The number of hydrogen-bond acceptors (Lipinski definition) is 5. The van der Waals surface area contributed by atoms with Crippen molar-refractivity contribution >= 4 is 12.3 Å². The Morgan fingerprint density at radius 1 is 1.59 bits per heavy atom. The zero-order chi connectivity index (χ0) is 13.1. The lowest BCUT2D eigenvalue weighted by atomic mass is 9.93. The minimum absolute atomic E-state index is 0.0967. The molecule has 0 bridgehead atoms. The summed E-state index contributed by atoms with van der Waals surface area (Å²) < 4.78 is 4.58. The van der Waals surface area contributed by atoms with Crippen LogP contribution in [0.25, 0.3) is 0 Å². The summed E-state index contributed by atoms with van der Waals surface area (Å²) in [6, 6.07) is 4.50. The first-order valence-corrected chi connectivity index (χ1v) is 5.05. The summed E-state index contributed by atoms with van der Waals surface area (Å²) in [5.74, 6) is -0.626. The van der Waals surface area contributed by atoms with E-state index >= 15 is 0 Å². The van der Waals surface area contributed by atoms with Gasteiger partial charge >= 0.3 is 5.97 Å². The quantitative estimate of drug-likeness (QED) is 0.592. The number of nitrogens with two attached hydrogens (primary N) is 1. The third-order valence-electron chi connectivity index (χ3n) is 2.44. The number of phenols is 1. The molecule has 0 radical (unpaired) electrons. The SMILES string of the molecule is COC(=O)[C@@](C)(N)Cc1ccc(O)c(C=O)c1. The number of carbonyl (C=O) groups excluding carboxylic acids is 2. The average molecular weight is 237 g/mol. The van der Waals surface area contributed by atoms with Crippen LogP contribution in [-0.2, 0) is 16.0 Å². The number of carbonyl (C=O) groups is 2. The van der Waals surface area contributed by atoms with Gasteiger partial charge in [-0.05, 0) is 24.6 Å². The van der Waals surface area contributed by atoms with E-state index < -0.39 is 11.5 Å². The van der Waals surface area contributed by atoms with E-state index in [9.17, 15) is 14.7 Å². The Morgan fingerprint density at radius 2 is 2.24 bits per heavy atom. The highest BCUT2D eigenvalue weighted by Crippen LogP contribution is 2.19. The van der Waals surface area contributed by atoms with Gasteiger partial charge in [0.25, 0.3) is 0 Å². The normalized spacial score (nSPS) is 13.8. The minimum atomic E-state index is -1.16. The van der Waals surface area contributed by atoms with Crippen LogP contribution in [0.1, 0.15) is 22.8 Å². The molecule has 1 atom stereocenters. The smallest absolute Gasteiger partial charge is 0.325 e. The van der Waals surface area contributed by atoms with E-state index in [-0.39, 0.29) is 17.7 Å². The Kier molecular flexibility index (Phi) is 3.85. The molecule has 0 fully saturated rings. The van der Waals surface area contributed by atoms with Crippen LogP contribution in [0, 0.1) is 0 Å². The Labute approximate surface area is 99.2 Å². The number of aromatic hydroxyl groups is 1. The largest absolute Gasteiger partial charge is 0.507 e. The van der Waals surface area contributed by atoms with Crippen molar-refractivity contribution in [2.75, 3.05) is 7.11 Å². The molecule has 0 aliphatic rings. The number of hydrogen-bond donors (Lipinski definition) is 2. The number of benzene rings is 1. The van der Waals surface area contributed by atoms with Gasteiger partial charge in [-0.25, -0.2) is 0 Å².